The molecule has 0 radical (unpaired) electrons. The minimum Gasteiger partial charge on any atom is -0.480 e. The summed E-state index contributed by atoms with van der Waals surface area (Å²) in [7, 11) is 0. The van der Waals surface area contributed by atoms with Crippen molar-refractivity contribution in [3.05, 3.63) is 0 Å². The van der Waals surface area contributed by atoms with E-state index in [-0.39, 0.29) is 23.3 Å². The van der Waals surface area contributed by atoms with E-state index in [0.29, 0.717) is 13.0 Å². The SMILES string of the molecule is CC(C)(C)CC(=O)NC(CCOC(C)(C)C)C(=O)O. The van der Waals surface area contributed by atoms with Crippen LogP contribution in [0.4, 0.5) is 0 Å². The maximum Gasteiger partial charge on any atom is 0.326 e. The maximum absolute atomic E-state index is 11.7. The van der Waals surface area contributed by atoms with Crippen LogP contribution in [0.15, 0.2) is 0 Å². The van der Waals surface area contributed by atoms with Gasteiger partial charge >= 0.3 is 5.97 Å². The number of carbonyl (C=O) groups excluding carboxylic acids is 1. The number of amides is 1. The molecule has 2 N–H and O–H groups in total. The average molecular weight is 273 g/mol. The van der Waals surface area contributed by atoms with Crippen LogP contribution in [-0.4, -0.2) is 35.2 Å². The molecule has 5 nitrogen and oxygen atoms in total. The van der Waals surface area contributed by atoms with Gasteiger partial charge in [0.05, 0.1) is 5.60 Å². The van der Waals surface area contributed by atoms with E-state index in [2.05, 4.69) is 5.32 Å². The standard InChI is InChI=1S/C14H27NO4/c1-13(2,3)9-11(16)15-10(12(17)18)7-8-19-14(4,5)6/h10H,7-9H2,1-6H3,(H,15,16)(H,17,18). The molecular formula is C14H27NO4. The third-order valence-corrected chi connectivity index (χ3v) is 2.27. The summed E-state index contributed by atoms with van der Waals surface area (Å²) in [6.45, 7) is 11.8. The van der Waals surface area contributed by atoms with Gasteiger partial charge in [-0.25, -0.2) is 4.79 Å². The van der Waals surface area contributed by atoms with Gasteiger partial charge in [0, 0.05) is 19.4 Å². The van der Waals surface area contributed by atoms with Crippen molar-refractivity contribution in [3.8, 4) is 0 Å². The first kappa shape index (κ1) is 17.9. The van der Waals surface area contributed by atoms with Crippen LogP contribution in [-0.2, 0) is 14.3 Å². The molecule has 0 spiro atoms. The lowest BCUT2D eigenvalue weighted by atomic mass is 9.92. The molecule has 0 aromatic rings. The molecule has 0 aliphatic heterocycles. The van der Waals surface area contributed by atoms with Crippen molar-refractivity contribution < 1.29 is 19.4 Å². The molecule has 19 heavy (non-hydrogen) atoms. The summed E-state index contributed by atoms with van der Waals surface area (Å²) in [4.78, 5) is 22.8. The quantitative estimate of drug-likeness (QED) is 0.778. The van der Waals surface area contributed by atoms with Crippen molar-refractivity contribution in [2.24, 2.45) is 5.41 Å². The molecule has 0 aliphatic rings. The number of aliphatic carboxylic acids is 1. The second-order valence-electron chi connectivity index (χ2n) is 6.95. The maximum atomic E-state index is 11.7. The third kappa shape index (κ3) is 10.5. The van der Waals surface area contributed by atoms with Gasteiger partial charge in [-0.3, -0.25) is 4.79 Å². The highest BCUT2D eigenvalue weighted by molar-refractivity contribution is 5.83. The first-order valence-electron chi connectivity index (χ1n) is 6.57. The van der Waals surface area contributed by atoms with Crippen LogP contribution < -0.4 is 5.32 Å². The Balaban J connectivity index is 4.28. The molecule has 5 heteroatoms. The van der Waals surface area contributed by atoms with E-state index in [4.69, 9.17) is 9.84 Å². The third-order valence-electron chi connectivity index (χ3n) is 2.27. The summed E-state index contributed by atoms with van der Waals surface area (Å²) < 4.78 is 5.48. The van der Waals surface area contributed by atoms with Crippen LogP contribution >= 0.6 is 0 Å². The largest absolute Gasteiger partial charge is 0.480 e. The smallest absolute Gasteiger partial charge is 0.326 e. The van der Waals surface area contributed by atoms with Crippen molar-refractivity contribution in [3.63, 3.8) is 0 Å². The van der Waals surface area contributed by atoms with Crippen molar-refractivity contribution in [2.45, 2.75) is 66.0 Å². The highest BCUT2D eigenvalue weighted by Gasteiger charge is 2.23. The number of hydrogen-bond donors (Lipinski definition) is 2. The van der Waals surface area contributed by atoms with Crippen LogP contribution in [0.25, 0.3) is 0 Å². The molecule has 0 rings (SSSR count). The summed E-state index contributed by atoms with van der Waals surface area (Å²) >= 11 is 0. The molecule has 0 bridgehead atoms. The van der Waals surface area contributed by atoms with E-state index < -0.39 is 12.0 Å². The van der Waals surface area contributed by atoms with Crippen LogP contribution in [0.2, 0.25) is 0 Å². The second kappa shape index (κ2) is 6.89. The Morgan fingerprint density at radius 3 is 2.05 bits per heavy atom. The predicted molar refractivity (Wildman–Crippen MR) is 74.0 cm³/mol. The average Bonchev–Trinajstić information content (AvgIpc) is 2.10. The monoisotopic (exact) mass is 273 g/mol. The molecule has 0 saturated carbocycles. The summed E-state index contributed by atoms with van der Waals surface area (Å²) in [6.07, 6.45) is 0.569. The van der Waals surface area contributed by atoms with Gasteiger partial charge in [-0.1, -0.05) is 20.8 Å². The molecule has 112 valence electrons. The summed E-state index contributed by atoms with van der Waals surface area (Å²) in [5.74, 6) is -1.27. The van der Waals surface area contributed by atoms with Gasteiger partial charge in [-0.15, -0.1) is 0 Å². The van der Waals surface area contributed by atoms with Crippen LogP contribution in [0.5, 0.6) is 0 Å². The number of carboxylic acid groups (broad SMARTS) is 1. The molecular weight excluding hydrogens is 246 g/mol. The van der Waals surface area contributed by atoms with Crippen LogP contribution in [0, 0.1) is 5.41 Å². The number of ether oxygens (including phenoxy) is 1. The Kier molecular flexibility index (Phi) is 6.49. The summed E-state index contributed by atoms with van der Waals surface area (Å²) in [6, 6.07) is -0.891. The highest BCUT2D eigenvalue weighted by atomic mass is 16.5. The van der Waals surface area contributed by atoms with Crippen molar-refractivity contribution in [1.29, 1.82) is 0 Å². The minimum atomic E-state index is -1.03. The lowest BCUT2D eigenvalue weighted by Gasteiger charge is -2.23. The molecule has 0 aromatic carbocycles. The van der Waals surface area contributed by atoms with Crippen molar-refractivity contribution in [1.82, 2.24) is 5.32 Å². The van der Waals surface area contributed by atoms with Gasteiger partial charge in [0.1, 0.15) is 6.04 Å². The topological polar surface area (TPSA) is 75.6 Å². The van der Waals surface area contributed by atoms with E-state index >= 15 is 0 Å². The fraction of sp³-hybridized carbons (Fsp3) is 0.857. The molecule has 0 saturated heterocycles. The highest BCUT2D eigenvalue weighted by Crippen LogP contribution is 2.18. The van der Waals surface area contributed by atoms with E-state index in [1.807, 2.05) is 41.5 Å². The molecule has 1 atom stereocenters. The van der Waals surface area contributed by atoms with Crippen molar-refractivity contribution >= 4 is 11.9 Å². The van der Waals surface area contributed by atoms with Crippen molar-refractivity contribution in [2.75, 3.05) is 6.61 Å². The lowest BCUT2D eigenvalue weighted by Crippen LogP contribution is -2.43. The minimum absolute atomic E-state index is 0.158. The Bertz CT molecular complexity index is 312. The molecule has 0 aliphatic carbocycles. The lowest BCUT2D eigenvalue weighted by molar-refractivity contribution is -0.143. The second-order valence-corrected chi connectivity index (χ2v) is 6.95. The van der Waals surface area contributed by atoms with Gasteiger partial charge in [0.15, 0.2) is 0 Å². The fourth-order valence-corrected chi connectivity index (χ4v) is 1.47. The molecule has 0 aromatic heterocycles. The Morgan fingerprint density at radius 1 is 1.16 bits per heavy atom. The van der Waals surface area contributed by atoms with E-state index in [1.165, 1.54) is 0 Å². The zero-order valence-corrected chi connectivity index (χ0v) is 12.9. The van der Waals surface area contributed by atoms with Gasteiger partial charge in [-0.05, 0) is 26.2 Å². The summed E-state index contributed by atoms with van der Waals surface area (Å²) in [5, 5.41) is 11.6. The van der Waals surface area contributed by atoms with Gasteiger partial charge in [0.25, 0.3) is 0 Å². The molecule has 1 unspecified atom stereocenters. The van der Waals surface area contributed by atoms with Gasteiger partial charge < -0.3 is 15.2 Å². The first-order valence-corrected chi connectivity index (χ1v) is 6.57. The number of hydrogen-bond acceptors (Lipinski definition) is 3. The fourth-order valence-electron chi connectivity index (χ4n) is 1.47. The molecule has 0 heterocycles. The number of rotatable bonds is 6. The van der Waals surface area contributed by atoms with E-state index in [1.54, 1.807) is 0 Å². The van der Waals surface area contributed by atoms with Gasteiger partial charge in [-0.2, -0.15) is 0 Å². The number of carbonyl (C=O) groups is 2. The zero-order valence-electron chi connectivity index (χ0n) is 12.9. The van der Waals surface area contributed by atoms with Crippen LogP contribution in [0.3, 0.4) is 0 Å². The normalized spacial score (nSPS) is 14.0. The van der Waals surface area contributed by atoms with Gasteiger partial charge in [0.2, 0.25) is 5.91 Å². The Labute approximate surface area is 115 Å². The Morgan fingerprint density at radius 2 is 1.68 bits per heavy atom. The Hall–Kier alpha value is -1.10. The predicted octanol–water partition coefficient (Wildman–Crippen LogP) is 2.20. The van der Waals surface area contributed by atoms with E-state index in [9.17, 15) is 9.59 Å². The van der Waals surface area contributed by atoms with E-state index in [0.717, 1.165) is 0 Å². The van der Waals surface area contributed by atoms with Crippen LogP contribution in [0.1, 0.15) is 54.4 Å². The molecule has 0 fully saturated rings. The summed E-state index contributed by atoms with van der Waals surface area (Å²) in [5.41, 5.74) is -0.465. The number of nitrogens with one attached hydrogen (secondary N) is 1. The number of carboxylic acids is 1. The zero-order chi connectivity index (χ0) is 15.3. The first-order chi connectivity index (χ1) is 8.41. The molecule has 1 amide bonds.